The summed E-state index contributed by atoms with van der Waals surface area (Å²) in [6.45, 7) is 9.28. The van der Waals surface area contributed by atoms with Crippen LogP contribution >= 0.6 is 0 Å². The molecule has 8 heteroatoms. The fraction of sp³-hybridized carbons (Fsp3) is 0.618. The van der Waals surface area contributed by atoms with Crippen LogP contribution in [-0.2, 0) is 20.0 Å². The number of fused-ring (bicyclic) bond motifs is 2. The summed E-state index contributed by atoms with van der Waals surface area (Å²) in [5, 5.41) is 3.36. The van der Waals surface area contributed by atoms with Gasteiger partial charge in [-0.3, -0.25) is 14.5 Å². The van der Waals surface area contributed by atoms with Gasteiger partial charge in [-0.25, -0.2) is 4.98 Å². The molecule has 0 spiro atoms. The van der Waals surface area contributed by atoms with Crippen molar-refractivity contribution in [3.63, 3.8) is 0 Å². The predicted molar refractivity (Wildman–Crippen MR) is 167 cm³/mol. The van der Waals surface area contributed by atoms with Crippen LogP contribution in [0.4, 0.5) is 0 Å². The Kier molecular flexibility index (Phi) is 7.81. The summed E-state index contributed by atoms with van der Waals surface area (Å²) in [5.41, 5.74) is 6.16. The summed E-state index contributed by atoms with van der Waals surface area (Å²) >= 11 is 0. The number of aryl methyl sites for hydroxylation is 1. The Bertz CT molecular complexity index is 1490. The first-order chi connectivity index (χ1) is 20.0. The Morgan fingerprint density at radius 3 is 2.62 bits per heavy atom. The van der Waals surface area contributed by atoms with Crippen LogP contribution in [0.1, 0.15) is 108 Å². The third-order valence-corrected chi connectivity index (χ3v) is 10.1. The summed E-state index contributed by atoms with van der Waals surface area (Å²) < 4.78 is 2.17. The van der Waals surface area contributed by atoms with E-state index >= 15 is 0 Å². The van der Waals surface area contributed by atoms with Gasteiger partial charge in [0.05, 0.1) is 17.1 Å². The second-order valence-electron chi connectivity index (χ2n) is 14.2. The second kappa shape index (κ2) is 11.3. The quantitative estimate of drug-likeness (QED) is 0.351. The summed E-state index contributed by atoms with van der Waals surface area (Å²) in [6, 6.07) is 6.85. The molecule has 226 valence electrons. The molecule has 1 aliphatic heterocycles. The van der Waals surface area contributed by atoms with Crippen LogP contribution in [0, 0.1) is 18.3 Å². The predicted octanol–water partition coefficient (Wildman–Crippen LogP) is 5.55. The normalized spacial score (nSPS) is 20.3. The van der Waals surface area contributed by atoms with Gasteiger partial charge in [-0.1, -0.05) is 38.8 Å². The second-order valence-corrected chi connectivity index (χ2v) is 14.2. The molecular weight excluding hydrogens is 524 g/mol. The van der Waals surface area contributed by atoms with Crippen LogP contribution in [0.25, 0.3) is 11.0 Å². The molecule has 2 aromatic heterocycles. The lowest BCUT2D eigenvalue weighted by molar-refractivity contribution is 0.0908. The van der Waals surface area contributed by atoms with E-state index in [9.17, 15) is 9.59 Å². The first kappa shape index (κ1) is 29.1. The Balaban J connectivity index is 1.27. The number of rotatable bonds is 9. The van der Waals surface area contributed by atoms with Crippen molar-refractivity contribution >= 4 is 22.7 Å². The Labute approximate surface area is 250 Å². The maximum Gasteiger partial charge on any atom is 0.268 e. The van der Waals surface area contributed by atoms with Crippen LogP contribution < -0.4 is 5.32 Å². The van der Waals surface area contributed by atoms with Crippen molar-refractivity contribution in [2.45, 2.75) is 90.8 Å². The number of aromatic amines is 1. The van der Waals surface area contributed by atoms with E-state index in [2.05, 4.69) is 77.9 Å². The Hall–Kier alpha value is -2.97. The topological polar surface area (TPSA) is 86.3 Å². The number of ketones is 1. The molecule has 3 aliphatic rings. The van der Waals surface area contributed by atoms with E-state index in [1.165, 1.54) is 31.2 Å². The van der Waals surface area contributed by atoms with E-state index in [0.29, 0.717) is 18.2 Å². The Morgan fingerprint density at radius 1 is 1.17 bits per heavy atom. The van der Waals surface area contributed by atoms with Crippen LogP contribution in [0.3, 0.4) is 0 Å². The number of aromatic nitrogens is 3. The number of nitrogens with zero attached hydrogens (tertiary/aromatic N) is 4. The van der Waals surface area contributed by atoms with Gasteiger partial charge < -0.3 is 19.8 Å². The lowest BCUT2D eigenvalue weighted by Gasteiger charge is -2.35. The molecule has 3 aromatic rings. The summed E-state index contributed by atoms with van der Waals surface area (Å²) in [7, 11) is 6.52. The van der Waals surface area contributed by atoms with E-state index in [-0.39, 0.29) is 23.1 Å². The molecule has 42 heavy (non-hydrogen) atoms. The van der Waals surface area contributed by atoms with Crippen LogP contribution in [0.5, 0.6) is 0 Å². The number of hydrogen-bond acceptors (Lipinski definition) is 5. The number of hydrogen-bond donors (Lipinski definition) is 2. The molecule has 3 heterocycles. The van der Waals surface area contributed by atoms with Crippen molar-refractivity contribution in [3.8, 4) is 0 Å². The van der Waals surface area contributed by atoms with Crippen molar-refractivity contribution in [1.82, 2.24) is 29.7 Å². The molecule has 0 bridgehead atoms. The molecule has 2 aliphatic carbocycles. The summed E-state index contributed by atoms with van der Waals surface area (Å²) in [6.07, 6.45) is 8.14. The number of likely N-dealkylation sites (tertiary alicyclic amines) is 1. The van der Waals surface area contributed by atoms with Gasteiger partial charge in [0.1, 0.15) is 11.5 Å². The SMILES string of the molecule is Cc1c(C(=O)NC(CCC2CC2)c2nc3c(CN(C)C4CCN(C)CC4)cccc3n2C)[nH]c2c1C(=O)CC(C)(C)C2. The van der Waals surface area contributed by atoms with E-state index in [1.54, 1.807) is 0 Å². The monoisotopic (exact) mass is 572 g/mol. The van der Waals surface area contributed by atoms with Gasteiger partial charge >= 0.3 is 0 Å². The highest BCUT2D eigenvalue weighted by atomic mass is 16.2. The molecule has 1 saturated heterocycles. The standard InChI is InChI=1S/C34H48N6O2/c1-21-29-26(18-34(2,3)19-28(29)41)35-30(21)33(42)36-25(13-12-22-10-11-22)32-37-31-23(8-7-9-27(31)40(32)6)20-39(5)24-14-16-38(4)17-15-24/h7-9,22,24-25,35H,10-20H2,1-6H3,(H,36,42). The van der Waals surface area contributed by atoms with Gasteiger partial charge in [0.15, 0.2) is 5.78 Å². The van der Waals surface area contributed by atoms with E-state index < -0.39 is 0 Å². The van der Waals surface area contributed by atoms with E-state index in [4.69, 9.17) is 4.98 Å². The lowest BCUT2D eigenvalue weighted by atomic mass is 9.75. The highest BCUT2D eigenvalue weighted by molar-refractivity contribution is 6.04. The molecular formula is C34H48N6O2. The van der Waals surface area contributed by atoms with Crippen molar-refractivity contribution in [2.24, 2.45) is 18.4 Å². The third kappa shape index (κ3) is 5.80. The first-order valence-electron chi connectivity index (χ1n) is 15.9. The van der Waals surface area contributed by atoms with Gasteiger partial charge in [0.2, 0.25) is 0 Å². The van der Waals surface area contributed by atoms with Crippen LogP contribution in [0.2, 0.25) is 0 Å². The minimum absolute atomic E-state index is 0.103. The number of H-pyrrole nitrogens is 1. The maximum atomic E-state index is 13.8. The highest BCUT2D eigenvalue weighted by Crippen LogP contribution is 2.38. The van der Waals surface area contributed by atoms with Crippen molar-refractivity contribution in [2.75, 3.05) is 27.2 Å². The number of imidazole rings is 1. The lowest BCUT2D eigenvalue weighted by Crippen LogP contribution is -2.41. The number of piperidine rings is 1. The zero-order chi connectivity index (χ0) is 29.8. The number of benzene rings is 1. The van der Waals surface area contributed by atoms with Crippen molar-refractivity contribution in [3.05, 3.63) is 52.1 Å². The molecule has 1 atom stereocenters. The molecule has 1 amide bonds. The molecule has 1 saturated carbocycles. The zero-order valence-electron chi connectivity index (χ0n) is 26.3. The number of carbonyl (C=O) groups excluding carboxylic acids is 2. The maximum absolute atomic E-state index is 13.8. The minimum Gasteiger partial charge on any atom is -0.354 e. The molecule has 8 nitrogen and oxygen atoms in total. The molecule has 2 N–H and O–H groups in total. The Morgan fingerprint density at radius 2 is 1.90 bits per heavy atom. The molecule has 1 unspecified atom stereocenters. The zero-order valence-corrected chi connectivity index (χ0v) is 26.3. The van der Waals surface area contributed by atoms with Crippen molar-refractivity contribution in [1.29, 1.82) is 0 Å². The highest BCUT2D eigenvalue weighted by Gasteiger charge is 2.36. The first-order valence-corrected chi connectivity index (χ1v) is 15.9. The average Bonchev–Trinajstić information content (AvgIpc) is 3.62. The number of nitrogens with one attached hydrogen (secondary N) is 2. The fourth-order valence-electron chi connectivity index (χ4n) is 7.33. The molecule has 1 aromatic carbocycles. The number of para-hydroxylation sites is 1. The largest absolute Gasteiger partial charge is 0.354 e. The van der Waals surface area contributed by atoms with Gasteiger partial charge in [0, 0.05) is 37.3 Å². The summed E-state index contributed by atoms with van der Waals surface area (Å²) in [5.74, 6) is 1.63. The van der Waals surface area contributed by atoms with Gasteiger partial charge in [-0.2, -0.15) is 0 Å². The van der Waals surface area contributed by atoms with Crippen molar-refractivity contribution < 1.29 is 9.59 Å². The minimum atomic E-state index is -0.207. The van der Waals surface area contributed by atoms with Gasteiger partial charge in [0.25, 0.3) is 5.91 Å². The molecule has 6 rings (SSSR count). The third-order valence-electron chi connectivity index (χ3n) is 10.1. The number of Topliss-reactive ketones (excluding diaryl/α,β-unsaturated/α-hetero) is 1. The number of carbonyl (C=O) groups is 2. The number of amides is 1. The molecule has 2 fully saturated rings. The van der Waals surface area contributed by atoms with Gasteiger partial charge in [-0.15, -0.1) is 0 Å². The fourth-order valence-corrected chi connectivity index (χ4v) is 7.33. The summed E-state index contributed by atoms with van der Waals surface area (Å²) in [4.78, 5) is 40.3. The average molecular weight is 573 g/mol. The molecule has 0 radical (unpaired) electrons. The van der Waals surface area contributed by atoms with E-state index in [0.717, 1.165) is 78.5 Å². The smallest absolute Gasteiger partial charge is 0.268 e. The van der Waals surface area contributed by atoms with Crippen LogP contribution in [-0.4, -0.2) is 69.3 Å². The van der Waals surface area contributed by atoms with E-state index in [1.807, 2.05) is 6.92 Å². The van der Waals surface area contributed by atoms with Gasteiger partial charge in [-0.05, 0) is 94.7 Å². The van der Waals surface area contributed by atoms with Crippen LogP contribution in [0.15, 0.2) is 18.2 Å².